The lowest BCUT2D eigenvalue weighted by molar-refractivity contribution is -0.302. The normalized spacial score (nSPS) is 19.5. The highest BCUT2D eigenvalue weighted by atomic mass is 16.7. The lowest BCUT2D eigenvalue weighted by Gasteiger charge is -2.40. The first-order valence-corrected chi connectivity index (χ1v) is 29.7. The van der Waals surface area contributed by atoms with Crippen molar-refractivity contribution in [3.8, 4) is 0 Å². The Hall–Kier alpha value is -0.810. The zero-order valence-electron chi connectivity index (χ0n) is 44.4. The van der Waals surface area contributed by atoms with Crippen LogP contribution in [0.1, 0.15) is 309 Å². The minimum absolute atomic E-state index is 0.131. The second-order valence-corrected chi connectivity index (χ2v) is 21.2. The Bertz CT molecular complexity index is 1020. The number of nitrogens with one attached hydrogen (secondary N) is 1. The van der Waals surface area contributed by atoms with Gasteiger partial charge in [-0.2, -0.15) is 0 Å². The van der Waals surface area contributed by atoms with Crippen LogP contribution in [-0.2, 0) is 14.3 Å². The van der Waals surface area contributed by atoms with Gasteiger partial charge in [0.15, 0.2) is 6.29 Å². The SMILES string of the molecule is CCCCCCCCCCCCCCCCCCCCCCCCCC(=O)NC(COC1OC(CO)C(O)C(O)C1O)C(O)CCCCCCCCCCCCCCCCCCCCCCC. The molecule has 1 aliphatic rings. The summed E-state index contributed by atoms with van der Waals surface area (Å²) in [7, 11) is 0. The summed E-state index contributed by atoms with van der Waals surface area (Å²) in [6.45, 7) is 3.89. The second-order valence-electron chi connectivity index (χ2n) is 21.2. The van der Waals surface area contributed by atoms with Gasteiger partial charge in [0, 0.05) is 6.42 Å². The number of hydrogen-bond donors (Lipinski definition) is 6. The van der Waals surface area contributed by atoms with E-state index in [0.717, 1.165) is 38.5 Å². The number of unbranched alkanes of at least 4 members (excludes halogenated alkanes) is 42. The van der Waals surface area contributed by atoms with Crippen molar-refractivity contribution in [2.24, 2.45) is 0 Å². The third kappa shape index (κ3) is 38.5. The zero-order chi connectivity index (χ0) is 48.7. The van der Waals surface area contributed by atoms with Gasteiger partial charge < -0.3 is 40.3 Å². The van der Waals surface area contributed by atoms with Crippen molar-refractivity contribution in [1.82, 2.24) is 5.32 Å². The largest absolute Gasteiger partial charge is 0.394 e. The smallest absolute Gasteiger partial charge is 0.220 e. The summed E-state index contributed by atoms with van der Waals surface area (Å²) in [5.41, 5.74) is 0. The molecule has 7 unspecified atom stereocenters. The maximum absolute atomic E-state index is 13.1. The quantitative estimate of drug-likeness (QED) is 0.0330. The van der Waals surface area contributed by atoms with Gasteiger partial charge in [0.1, 0.15) is 24.4 Å². The van der Waals surface area contributed by atoms with Crippen LogP contribution in [0.4, 0.5) is 0 Å². The Morgan fingerprint density at radius 1 is 0.448 bits per heavy atom. The number of carbonyl (C=O) groups excluding carboxylic acids is 1. The Morgan fingerprint density at radius 3 is 1.06 bits per heavy atom. The molecular weight excluding hydrogens is 839 g/mol. The van der Waals surface area contributed by atoms with Crippen molar-refractivity contribution in [3.63, 3.8) is 0 Å². The number of aliphatic hydroxyl groups excluding tert-OH is 5. The lowest BCUT2D eigenvalue weighted by atomic mass is 9.99. The van der Waals surface area contributed by atoms with Crippen LogP contribution in [-0.4, -0.2) is 87.5 Å². The molecule has 0 bridgehead atoms. The molecule has 1 fully saturated rings. The Balaban J connectivity index is 2.18. The van der Waals surface area contributed by atoms with Crippen molar-refractivity contribution in [3.05, 3.63) is 0 Å². The van der Waals surface area contributed by atoms with E-state index in [2.05, 4.69) is 19.2 Å². The molecule has 0 saturated carbocycles. The summed E-state index contributed by atoms with van der Waals surface area (Å²) in [5.74, 6) is -0.135. The predicted octanol–water partition coefficient (Wildman–Crippen LogP) is 14.6. The predicted molar refractivity (Wildman–Crippen MR) is 281 cm³/mol. The van der Waals surface area contributed by atoms with Crippen LogP contribution in [0.25, 0.3) is 0 Å². The molecule has 0 spiro atoms. The first-order chi connectivity index (χ1) is 32.8. The molecule has 1 aliphatic heterocycles. The highest BCUT2D eigenvalue weighted by molar-refractivity contribution is 5.76. The molecule has 1 rings (SSSR count). The van der Waals surface area contributed by atoms with Crippen molar-refractivity contribution in [1.29, 1.82) is 0 Å². The summed E-state index contributed by atoms with van der Waals surface area (Å²) in [4.78, 5) is 13.1. The number of rotatable bonds is 52. The average molecular weight is 955 g/mol. The highest BCUT2D eigenvalue weighted by Crippen LogP contribution is 2.23. The number of carbonyl (C=O) groups is 1. The molecule has 7 atom stereocenters. The number of hydrogen-bond acceptors (Lipinski definition) is 8. The Morgan fingerprint density at radius 2 is 0.746 bits per heavy atom. The number of aliphatic hydroxyl groups is 5. The van der Waals surface area contributed by atoms with Crippen LogP contribution in [0, 0.1) is 0 Å². The second kappa shape index (κ2) is 48.8. The fourth-order valence-corrected chi connectivity index (χ4v) is 9.99. The van der Waals surface area contributed by atoms with E-state index in [1.54, 1.807) is 0 Å². The van der Waals surface area contributed by atoms with Crippen molar-refractivity contribution in [2.75, 3.05) is 13.2 Å². The molecule has 0 aromatic heterocycles. The molecule has 400 valence electrons. The molecular formula is C58H115NO8. The van der Waals surface area contributed by atoms with Gasteiger partial charge in [-0.15, -0.1) is 0 Å². The minimum Gasteiger partial charge on any atom is -0.394 e. The fraction of sp³-hybridized carbons (Fsp3) is 0.983. The van der Waals surface area contributed by atoms with Crippen molar-refractivity contribution >= 4 is 5.91 Å². The van der Waals surface area contributed by atoms with Crippen molar-refractivity contribution < 1.29 is 39.8 Å². The van der Waals surface area contributed by atoms with Crippen LogP contribution < -0.4 is 5.32 Å². The third-order valence-corrected chi connectivity index (χ3v) is 14.7. The van der Waals surface area contributed by atoms with Crippen molar-refractivity contribution in [2.45, 2.75) is 352 Å². The van der Waals surface area contributed by atoms with Gasteiger partial charge >= 0.3 is 0 Å². The molecule has 1 saturated heterocycles. The molecule has 0 radical (unpaired) electrons. The average Bonchev–Trinajstić information content (AvgIpc) is 3.33. The van der Waals surface area contributed by atoms with Gasteiger partial charge in [0.2, 0.25) is 5.91 Å². The van der Waals surface area contributed by atoms with E-state index in [0.29, 0.717) is 12.8 Å². The van der Waals surface area contributed by atoms with Gasteiger partial charge in [-0.25, -0.2) is 0 Å². The van der Waals surface area contributed by atoms with E-state index < -0.39 is 49.5 Å². The zero-order valence-corrected chi connectivity index (χ0v) is 44.4. The Labute approximate surface area is 414 Å². The van der Waals surface area contributed by atoms with Crippen LogP contribution in [0.15, 0.2) is 0 Å². The van der Waals surface area contributed by atoms with Gasteiger partial charge in [-0.1, -0.05) is 290 Å². The monoisotopic (exact) mass is 954 g/mol. The van der Waals surface area contributed by atoms with E-state index in [9.17, 15) is 30.3 Å². The van der Waals surface area contributed by atoms with Crippen LogP contribution >= 0.6 is 0 Å². The summed E-state index contributed by atoms with van der Waals surface area (Å²) < 4.78 is 11.3. The standard InChI is InChI=1S/C58H115NO8/c1-3-5-7-9-11-13-15-17-19-21-23-25-26-28-30-32-34-36-38-40-42-44-46-48-54(62)59-51(50-66-58-57(65)56(64)55(63)53(49-60)67-58)52(61)47-45-43-41-39-37-35-33-31-29-27-24-22-20-18-16-14-12-10-8-6-4-2/h51-53,55-58,60-61,63-65H,3-50H2,1-2H3,(H,59,62). The molecule has 0 aromatic carbocycles. The molecule has 9 nitrogen and oxygen atoms in total. The van der Waals surface area contributed by atoms with Gasteiger partial charge in [-0.3, -0.25) is 4.79 Å². The molecule has 1 heterocycles. The summed E-state index contributed by atoms with van der Waals surface area (Å²) in [6.07, 6.45) is 51.3. The van der Waals surface area contributed by atoms with E-state index in [1.165, 1.54) is 244 Å². The molecule has 9 heteroatoms. The van der Waals surface area contributed by atoms with Crippen LogP contribution in [0.3, 0.4) is 0 Å². The molecule has 6 N–H and O–H groups in total. The van der Waals surface area contributed by atoms with E-state index in [4.69, 9.17) is 9.47 Å². The van der Waals surface area contributed by atoms with E-state index in [1.807, 2.05) is 0 Å². The highest BCUT2D eigenvalue weighted by Gasteiger charge is 2.44. The van der Waals surface area contributed by atoms with E-state index >= 15 is 0 Å². The first-order valence-electron chi connectivity index (χ1n) is 29.7. The minimum atomic E-state index is -1.55. The van der Waals surface area contributed by atoms with Gasteiger partial charge in [0.05, 0.1) is 25.4 Å². The summed E-state index contributed by atoms with van der Waals surface area (Å²) >= 11 is 0. The molecule has 1 amide bonds. The van der Waals surface area contributed by atoms with Gasteiger partial charge in [-0.05, 0) is 12.8 Å². The topological polar surface area (TPSA) is 149 Å². The van der Waals surface area contributed by atoms with E-state index in [-0.39, 0.29) is 12.5 Å². The summed E-state index contributed by atoms with van der Waals surface area (Å²) in [5, 5.41) is 54.7. The summed E-state index contributed by atoms with van der Waals surface area (Å²) in [6, 6.07) is -0.713. The van der Waals surface area contributed by atoms with Crippen LogP contribution in [0.5, 0.6) is 0 Å². The molecule has 0 aromatic rings. The Kier molecular flexibility index (Phi) is 46.8. The number of ether oxygens (including phenoxy) is 2. The van der Waals surface area contributed by atoms with Crippen LogP contribution in [0.2, 0.25) is 0 Å². The maximum atomic E-state index is 13.1. The lowest BCUT2D eigenvalue weighted by Crippen LogP contribution is -2.60. The third-order valence-electron chi connectivity index (χ3n) is 14.7. The molecule has 67 heavy (non-hydrogen) atoms. The van der Waals surface area contributed by atoms with Gasteiger partial charge in [0.25, 0.3) is 0 Å². The molecule has 0 aliphatic carbocycles. The fourth-order valence-electron chi connectivity index (χ4n) is 9.99. The number of amides is 1. The first kappa shape index (κ1) is 64.2. The maximum Gasteiger partial charge on any atom is 0.220 e.